The van der Waals surface area contributed by atoms with Crippen molar-refractivity contribution >= 4 is 23.0 Å². The van der Waals surface area contributed by atoms with E-state index < -0.39 is 23.7 Å². The molecule has 0 spiro atoms. The molecule has 0 fully saturated rings. The predicted octanol–water partition coefficient (Wildman–Crippen LogP) is 5.40. The van der Waals surface area contributed by atoms with Crippen molar-refractivity contribution < 1.29 is 24.0 Å². The summed E-state index contributed by atoms with van der Waals surface area (Å²) in [5, 5.41) is 17.2. The summed E-state index contributed by atoms with van der Waals surface area (Å²) in [7, 11) is 0. The van der Waals surface area contributed by atoms with Crippen molar-refractivity contribution in [3.63, 3.8) is 0 Å². The fourth-order valence-corrected chi connectivity index (χ4v) is 3.76. The van der Waals surface area contributed by atoms with Crippen molar-refractivity contribution in [2.75, 3.05) is 0 Å². The minimum Gasteiger partial charge on any atom is -0.478 e. The predicted molar refractivity (Wildman–Crippen MR) is 126 cm³/mol. The van der Waals surface area contributed by atoms with Gasteiger partial charge in [0.25, 0.3) is 0 Å². The number of rotatable bonds is 6. The molecule has 0 aliphatic heterocycles. The largest absolute Gasteiger partial charge is 0.478 e. The zero-order chi connectivity index (χ0) is 24.3. The number of aromatic carboxylic acids is 1. The van der Waals surface area contributed by atoms with Crippen LogP contribution in [0.1, 0.15) is 48.4 Å². The maximum Gasteiger partial charge on any atom is 0.408 e. The topological polar surface area (TPSA) is 115 Å². The van der Waals surface area contributed by atoms with Gasteiger partial charge in [-0.05, 0) is 50.6 Å². The van der Waals surface area contributed by atoms with Gasteiger partial charge in [0.2, 0.25) is 0 Å². The van der Waals surface area contributed by atoms with E-state index in [-0.39, 0.29) is 11.1 Å². The van der Waals surface area contributed by atoms with Gasteiger partial charge in [-0.3, -0.25) is 4.98 Å². The third-order valence-electron chi connectivity index (χ3n) is 5.15. The van der Waals surface area contributed by atoms with E-state index in [0.717, 1.165) is 11.3 Å². The number of carbonyl (C=O) groups is 2. The summed E-state index contributed by atoms with van der Waals surface area (Å²) in [6, 6.07) is 17.5. The van der Waals surface area contributed by atoms with E-state index in [9.17, 15) is 14.7 Å². The molecule has 1 unspecified atom stereocenters. The number of para-hydroxylation sites is 1. The number of nitrogens with zero attached hydrogens (tertiary/aromatic N) is 2. The summed E-state index contributed by atoms with van der Waals surface area (Å²) in [4.78, 5) is 28.7. The van der Waals surface area contributed by atoms with Crippen LogP contribution >= 0.6 is 0 Å². The Bertz CT molecular complexity index is 1330. The molecule has 4 aromatic rings. The molecule has 2 N–H and O–H groups in total. The molecular weight excluding hydrogens is 434 g/mol. The summed E-state index contributed by atoms with van der Waals surface area (Å²) in [5.41, 5.74) is 2.33. The molecule has 174 valence electrons. The molecule has 34 heavy (non-hydrogen) atoms. The van der Waals surface area contributed by atoms with Gasteiger partial charge in [-0.1, -0.05) is 41.6 Å². The molecule has 2 aromatic carbocycles. The normalized spacial score (nSPS) is 12.3. The molecule has 2 aromatic heterocycles. The minimum absolute atomic E-state index is 0.0330. The van der Waals surface area contributed by atoms with Crippen LogP contribution in [0.5, 0.6) is 0 Å². The number of alkyl carbamates (subject to hydrolysis) is 1. The number of carboxylic acid groups (broad SMARTS) is 1. The number of benzene rings is 2. The third kappa shape index (κ3) is 5.06. The molecule has 0 radical (unpaired) electrons. The summed E-state index contributed by atoms with van der Waals surface area (Å²) < 4.78 is 10.9. The molecular formula is C26H25N3O5. The van der Waals surface area contributed by atoms with E-state index >= 15 is 0 Å². The number of carboxylic acids is 1. The average Bonchev–Trinajstić information content (AvgIpc) is 3.22. The van der Waals surface area contributed by atoms with Gasteiger partial charge in [0, 0.05) is 23.9 Å². The number of pyridine rings is 1. The number of fused-ring (bicyclic) bond motifs is 1. The Labute approximate surface area is 196 Å². The molecule has 0 aliphatic rings. The van der Waals surface area contributed by atoms with Crippen molar-refractivity contribution in [1.82, 2.24) is 15.5 Å². The van der Waals surface area contributed by atoms with Crippen LogP contribution in [0.4, 0.5) is 4.79 Å². The van der Waals surface area contributed by atoms with E-state index in [4.69, 9.17) is 9.26 Å². The highest BCUT2D eigenvalue weighted by molar-refractivity contribution is 6.04. The van der Waals surface area contributed by atoms with E-state index in [2.05, 4.69) is 15.5 Å². The second kappa shape index (κ2) is 9.35. The first kappa shape index (κ1) is 23.0. The maximum atomic E-state index is 12.7. The summed E-state index contributed by atoms with van der Waals surface area (Å²) in [5.74, 6) is -1.10. The zero-order valence-electron chi connectivity index (χ0n) is 19.1. The van der Waals surface area contributed by atoms with E-state index in [1.807, 2.05) is 42.5 Å². The second-order valence-corrected chi connectivity index (χ2v) is 8.83. The van der Waals surface area contributed by atoms with Crippen LogP contribution in [-0.2, 0) is 11.2 Å². The monoisotopic (exact) mass is 459 g/mol. The highest BCUT2D eigenvalue weighted by atomic mass is 16.6. The van der Waals surface area contributed by atoms with Gasteiger partial charge in [0.1, 0.15) is 16.9 Å². The lowest BCUT2D eigenvalue weighted by Gasteiger charge is -2.25. The molecule has 2 heterocycles. The first-order valence-corrected chi connectivity index (χ1v) is 10.8. The molecule has 0 aliphatic carbocycles. The third-order valence-corrected chi connectivity index (χ3v) is 5.15. The van der Waals surface area contributed by atoms with Crippen LogP contribution < -0.4 is 5.32 Å². The molecule has 0 saturated heterocycles. The molecule has 1 atom stereocenters. The van der Waals surface area contributed by atoms with Gasteiger partial charge in [-0.25, -0.2) is 9.59 Å². The maximum absolute atomic E-state index is 12.7. The van der Waals surface area contributed by atoms with Gasteiger partial charge < -0.3 is 19.7 Å². The minimum atomic E-state index is -1.10. The van der Waals surface area contributed by atoms with Crippen LogP contribution in [0, 0.1) is 0 Å². The Kier molecular flexibility index (Phi) is 6.32. The van der Waals surface area contributed by atoms with E-state index in [1.165, 1.54) is 6.07 Å². The van der Waals surface area contributed by atoms with Crippen LogP contribution in [-0.4, -0.2) is 32.9 Å². The van der Waals surface area contributed by atoms with Crippen LogP contribution in [0.15, 0.2) is 71.4 Å². The fourth-order valence-electron chi connectivity index (χ4n) is 3.76. The van der Waals surface area contributed by atoms with Crippen molar-refractivity contribution in [3.8, 4) is 11.3 Å². The van der Waals surface area contributed by atoms with Crippen LogP contribution in [0.25, 0.3) is 22.2 Å². The quantitative estimate of drug-likeness (QED) is 0.397. The number of ether oxygens (including phenoxy) is 1. The van der Waals surface area contributed by atoms with Crippen molar-refractivity contribution in [3.05, 3.63) is 83.7 Å². The first-order chi connectivity index (χ1) is 16.2. The van der Waals surface area contributed by atoms with E-state index in [1.54, 1.807) is 39.1 Å². The first-order valence-electron chi connectivity index (χ1n) is 10.8. The van der Waals surface area contributed by atoms with Crippen LogP contribution in [0.2, 0.25) is 0 Å². The SMILES string of the molecule is CC(C)(C)OC(=O)NC(Cc1ccccn1)c1ccccc1-c1noc2c(C(=O)O)cccc12. The van der Waals surface area contributed by atoms with Gasteiger partial charge in [-0.2, -0.15) is 0 Å². The van der Waals surface area contributed by atoms with Crippen molar-refractivity contribution in [2.24, 2.45) is 0 Å². The number of aromatic nitrogens is 2. The standard InChI is InChI=1S/C26H25N3O5/c1-26(2,3)33-25(32)28-21(15-16-9-6-7-14-27-16)17-10-4-5-11-18(17)22-19-12-8-13-20(24(30)31)23(19)34-29-22/h4-14,21H,15H2,1-3H3,(H,28,32)(H,30,31). The lowest BCUT2D eigenvalue weighted by Crippen LogP contribution is -2.36. The summed E-state index contributed by atoms with van der Waals surface area (Å²) in [6.45, 7) is 5.40. The number of amides is 1. The Morgan fingerprint density at radius 1 is 1.06 bits per heavy atom. The molecule has 1 amide bonds. The highest BCUT2D eigenvalue weighted by Crippen LogP contribution is 2.35. The van der Waals surface area contributed by atoms with Gasteiger partial charge in [0.05, 0.1) is 11.4 Å². The number of hydrogen-bond donors (Lipinski definition) is 2. The van der Waals surface area contributed by atoms with Gasteiger partial charge in [-0.15, -0.1) is 0 Å². The number of carbonyl (C=O) groups excluding carboxylic acids is 1. The lowest BCUT2D eigenvalue weighted by molar-refractivity contribution is 0.0502. The molecule has 8 heteroatoms. The Balaban J connectivity index is 1.79. The summed E-state index contributed by atoms with van der Waals surface area (Å²) >= 11 is 0. The van der Waals surface area contributed by atoms with Crippen molar-refractivity contribution in [2.45, 2.75) is 38.8 Å². The Morgan fingerprint density at radius 2 is 1.82 bits per heavy atom. The molecule has 4 rings (SSSR count). The van der Waals surface area contributed by atoms with E-state index in [0.29, 0.717) is 23.1 Å². The Morgan fingerprint density at radius 3 is 2.53 bits per heavy atom. The van der Waals surface area contributed by atoms with Crippen molar-refractivity contribution in [1.29, 1.82) is 0 Å². The van der Waals surface area contributed by atoms with Crippen LogP contribution in [0.3, 0.4) is 0 Å². The van der Waals surface area contributed by atoms with Gasteiger partial charge in [0.15, 0.2) is 5.58 Å². The molecule has 8 nitrogen and oxygen atoms in total. The smallest absolute Gasteiger partial charge is 0.408 e. The zero-order valence-corrected chi connectivity index (χ0v) is 19.1. The molecule has 0 bridgehead atoms. The number of nitrogens with one attached hydrogen (secondary N) is 1. The number of hydrogen-bond acceptors (Lipinski definition) is 6. The average molecular weight is 460 g/mol. The fraction of sp³-hybridized carbons (Fsp3) is 0.231. The second-order valence-electron chi connectivity index (χ2n) is 8.83. The summed E-state index contributed by atoms with van der Waals surface area (Å²) in [6.07, 6.45) is 1.55. The lowest BCUT2D eigenvalue weighted by atomic mass is 9.93. The molecule has 0 saturated carbocycles. The highest BCUT2D eigenvalue weighted by Gasteiger charge is 2.25. The Hall–Kier alpha value is -4.20. The van der Waals surface area contributed by atoms with Gasteiger partial charge >= 0.3 is 12.1 Å².